The number of nitrogens with zero attached hydrogens (tertiary/aromatic N) is 2. The van der Waals surface area contributed by atoms with Crippen molar-refractivity contribution in [2.24, 2.45) is 0 Å². The van der Waals surface area contributed by atoms with Gasteiger partial charge in [0.2, 0.25) is 0 Å². The van der Waals surface area contributed by atoms with Gasteiger partial charge in [0.1, 0.15) is 0 Å². The molecule has 0 amide bonds. The van der Waals surface area contributed by atoms with Crippen LogP contribution in [0.25, 0.3) is 0 Å². The van der Waals surface area contributed by atoms with Crippen molar-refractivity contribution in [2.45, 2.75) is 0 Å². The fourth-order valence-electron chi connectivity index (χ4n) is 0. The van der Waals surface area contributed by atoms with E-state index < -0.39 is 10.2 Å². The third kappa shape index (κ3) is 536. The second kappa shape index (κ2) is 45.2. The summed E-state index contributed by atoms with van der Waals surface area (Å²) in [6.07, 6.45) is 0. The summed E-state index contributed by atoms with van der Waals surface area (Å²) in [4.78, 5) is 16.5. The van der Waals surface area contributed by atoms with Gasteiger partial charge in [-0.15, -0.1) is 0 Å². The van der Waals surface area contributed by atoms with Gasteiger partial charge < -0.3 is 52.5 Å². The molecule has 0 unspecified atom stereocenters. The van der Waals surface area contributed by atoms with Crippen LogP contribution in [0.5, 0.6) is 0 Å². The Hall–Kier alpha value is -1.24. The minimum atomic E-state index is -1.75. The third-order valence-corrected chi connectivity index (χ3v) is 0. The molecule has 0 saturated carbocycles. The van der Waals surface area contributed by atoms with Gasteiger partial charge in [-0.1, -0.05) is 0 Å². The Labute approximate surface area is 80.7 Å². The molecule has 0 spiro atoms. The van der Waals surface area contributed by atoms with E-state index in [4.69, 9.17) is 30.6 Å². The monoisotopic (exact) mass is 252 g/mol. The largest absolute Gasteiger partial charge is 2.00 e. The zero-order valence-corrected chi connectivity index (χ0v) is 6.80. The molecule has 0 rings (SSSR count). The summed E-state index contributed by atoms with van der Waals surface area (Å²) in [7, 11) is 0. The first-order valence-corrected chi connectivity index (χ1v) is 1.10. The summed E-state index contributed by atoms with van der Waals surface area (Å²) in [6.45, 7) is 0. The first-order valence-electron chi connectivity index (χ1n) is 1.10. The molecule has 8 N–H and O–H groups in total. The van der Waals surface area contributed by atoms with Crippen molar-refractivity contribution in [1.29, 1.82) is 0 Å². The SMILES string of the molecule is O.O.O.O.O=[N+]([O-])[O-].O=[N+]([O-])[O-].[Fe+2]. The van der Waals surface area contributed by atoms with Gasteiger partial charge in [-0.3, -0.25) is 0 Å². The average Bonchev–Trinajstić information content (AvgIpc) is 1.25. The Bertz CT molecular complexity index is 70.9. The Morgan fingerprint density at radius 1 is 0.615 bits per heavy atom. The molecule has 0 atom stereocenters. The van der Waals surface area contributed by atoms with E-state index in [9.17, 15) is 0 Å². The molecular weight excluding hydrogens is 244 g/mol. The average molecular weight is 252 g/mol. The van der Waals surface area contributed by atoms with Crippen LogP contribution in [0.15, 0.2) is 0 Å². The molecule has 0 heterocycles. The van der Waals surface area contributed by atoms with Gasteiger partial charge in [0, 0.05) is 0 Å². The van der Waals surface area contributed by atoms with E-state index in [1.807, 2.05) is 0 Å². The van der Waals surface area contributed by atoms with Gasteiger partial charge >= 0.3 is 17.1 Å². The smallest absolute Gasteiger partial charge is 0.412 e. The van der Waals surface area contributed by atoms with E-state index in [0.29, 0.717) is 0 Å². The van der Waals surface area contributed by atoms with Crippen molar-refractivity contribution >= 4 is 0 Å². The summed E-state index contributed by atoms with van der Waals surface area (Å²) < 4.78 is 0. The van der Waals surface area contributed by atoms with Gasteiger partial charge in [-0.25, -0.2) is 0 Å². The van der Waals surface area contributed by atoms with E-state index in [1.165, 1.54) is 0 Å². The molecule has 13 heteroatoms. The zero-order valence-electron chi connectivity index (χ0n) is 5.70. The zero-order chi connectivity index (χ0) is 7.15. The van der Waals surface area contributed by atoms with Gasteiger partial charge in [0.05, 0.1) is 10.2 Å². The summed E-state index contributed by atoms with van der Waals surface area (Å²) >= 11 is 0. The number of hydrogen-bond donors (Lipinski definition) is 0. The van der Waals surface area contributed by atoms with Crippen molar-refractivity contribution in [1.82, 2.24) is 0 Å². The molecule has 0 aromatic carbocycles. The van der Waals surface area contributed by atoms with Crippen LogP contribution in [0, 0.1) is 30.6 Å². The van der Waals surface area contributed by atoms with Crippen LogP contribution in [-0.4, -0.2) is 32.1 Å². The van der Waals surface area contributed by atoms with Crippen LogP contribution >= 0.6 is 0 Å². The minimum Gasteiger partial charge on any atom is -0.412 e. The molecular formula is H8FeN2O10. The number of rotatable bonds is 0. The summed E-state index contributed by atoms with van der Waals surface area (Å²) in [5.74, 6) is 0. The molecule has 12 nitrogen and oxygen atoms in total. The fraction of sp³-hybridized carbons (Fsp3) is 0. The Morgan fingerprint density at radius 2 is 0.615 bits per heavy atom. The molecule has 0 aromatic rings. The topological polar surface area (TPSA) is 258 Å². The van der Waals surface area contributed by atoms with E-state index in [2.05, 4.69) is 0 Å². The van der Waals surface area contributed by atoms with Gasteiger partial charge in [-0.05, 0) is 0 Å². The van der Waals surface area contributed by atoms with Gasteiger partial charge in [-0.2, -0.15) is 0 Å². The Balaban J connectivity index is -0.00000000800. The van der Waals surface area contributed by atoms with E-state index in [-0.39, 0.29) is 39.0 Å². The van der Waals surface area contributed by atoms with Gasteiger partial charge in [0.15, 0.2) is 0 Å². The van der Waals surface area contributed by atoms with Crippen LogP contribution in [0.4, 0.5) is 0 Å². The van der Waals surface area contributed by atoms with Crippen molar-refractivity contribution in [3.05, 3.63) is 30.6 Å². The molecule has 0 bridgehead atoms. The summed E-state index contributed by atoms with van der Waals surface area (Å²) in [6, 6.07) is 0. The Morgan fingerprint density at radius 3 is 0.615 bits per heavy atom. The van der Waals surface area contributed by atoms with Crippen molar-refractivity contribution in [3.63, 3.8) is 0 Å². The van der Waals surface area contributed by atoms with Crippen molar-refractivity contribution in [2.75, 3.05) is 0 Å². The van der Waals surface area contributed by atoms with Crippen LogP contribution in [0.1, 0.15) is 0 Å². The maximum atomic E-state index is 8.25. The molecule has 0 aliphatic rings. The standard InChI is InChI=1S/Fe.2NO3.4H2O/c;2*2-1(3)4;;;;/h;;;4*1H2/q+2;2*-1;;;;. The molecule has 0 aliphatic carbocycles. The third-order valence-electron chi connectivity index (χ3n) is 0. The second-order valence-corrected chi connectivity index (χ2v) is 0.447. The molecule has 86 valence electrons. The molecule has 13 heavy (non-hydrogen) atoms. The molecule has 0 aromatic heterocycles. The maximum absolute atomic E-state index is 8.25. The minimum absolute atomic E-state index is 0. The van der Waals surface area contributed by atoms with E-state index >= 15 is 0 Å². The first-order chi connectivity index (χ1) is 3.46. The Kier molecular flexibility index (Phi) is 209. The van der Waals surface area contributed by atoms with E-state index in [0.717, 1.165) is 0 Å². The van der Waals surface area contributed by atoms with Crippen LogP contribution < -0.4 is 0 Å². The summed E-state index contributed by atoms with van der Waals surface area (Å²) in [5.41, 5.74) is 0. The molecule has 0 fully saturated rings. The predicted octanol–water partition coefficient (Wildman–Crippen LogP) is -3.78. The van der Waals surface area contributed by atoms with Gasteiger partial charge in [0.25, 0.3) is 0 Å². The molecule has 0 aliphatic heterocycles. The van der Waals surface area contributed by atoms with Crippen LogP contribution in [0.2, 0.25) is 0 Å². The molecule has 0 saturated heterocycles. The predicted molar refractivity (Wildman–Crippen MR) is 35.2 cm³/mol. The summed E-state index contributed by atoms with van der Waals surface area (Å²) in [5, 5.41) is 29.5. The normalized spacial score (nSPS) is 3.69. The molecule has 0 radical (unpaired) electrons. The van der Waals surface area contributed by atoms with E-state index in [1.54, 1.807) is 0 Å². The van der Waals surface area contributed by atoms with Crippen LogP contribution in [0.3, 0.4) is 0 Å². The van der Waals surface area contributed by atoms with Crippen molar-refractivity contribution < 1.29 is 49.1 Å². The first kappa shape index (κ1) is 60.1. The van der Waals surface area contributed by atoms with Crippen molar-refractivity contribution in [3.8, 4) is 0 Å². The fourth-order valence-corrected chi connectivity index (χ4v) is 0. The number of hydrogen-bond acceptors (Lipinski definition) is 6. The quantitative estimate of drug-likeness (QED) is 0.236. The second-order valence-electron chi connectivity index (χ2n) is 0.447. The maximum Gasteiger partial charge on any atom is 2.00 e. The van der Waals surface area contributed by atoms with Crippen LogP contribution in [-0.2, 0) is 17.1 Å².